The Morgan fingerprint density at radius 1 is 1.13 bits per heavy atom. The van der Waals surface area contributed by atoms with Gasteiger partial charge in [0.1, 0.15) is 5.82 Å². The molecule has 0 unspecified atom stereocenters. The number of piperidine rings is 1. The lowest BCUT2D eigenvalue weighted by Crippen LogP contribution is -2.36. The van der Waals surface area contributed by atoms with Crippen molar-refractivity contribution in [1.29, 1.82) is 0 Å². The average molecular weight is 335 g/mol. The Hall–Kier alpha value is -2.21. The second kappa shape index (κ2) is 6.91. The molecule has 7 heteroatoms. The molecule has 1 fully saturated rings. The summed E-state index contributed by atoms with van der Waals surface area (Å²) in [5, 5.41) is 11.0. The Kier molecular flexibility index (Phi) is 4.71. The van der Waals surface area contributed by atoms with Crippen molar-refractivity contribution in [2.45, 2.75) is 19.3 Å². The number of carbonyl (C=O) groups excluding carboxylic acids is 1. The largest absolute Gasteiger partial charge is 0.339 e. The lowest BCUT2D eigenvalue weighted by molar-refractivity contribution is 0.0717. The zero-order valence-corrected chi connectivity index (χ0v) is 13.2. The van der Waals surface area contributed by atoms with Gasteiger partial charge in [0.05, 0.1) is 5.02 Å². The molecule has 1 saturated heterocycles. The molecular weight excluding hydrogens is 319 g/mol. The van der Waals surface area contributed by atoms with E-state index >= 15 is 0 Å². The number of likely N-dealkylation sites (tertiary alicyclic amines) is 1. The number of benzene rings is 1. The molecule has 120 valence electrons. The van der Waals surface area contributed by atoms with Crippen molar-refractivity contribution in [2.24, 2.45) is 0 Å². The van der Waals surface area contributed by atoms with Crippen molar-refractivity contribution in [2.75, 3.05) is 18.4 Å². The molecule has 1 N–H and O–H groups in total. The molecule has 1 aromatic carbocycles. The summed E-state index contributed by atoms with van der Waals surface area (Å²) in [6, 6.07) is 7.59. The summed E-state index contributed by atoms with van der Waals surface area (Å²) < 4.78 is 13.1. The number of amides is 1. The predicted octanol–water partition coefficient (Wildman–Crippen LogP) is 3.64. The van der Waals surface area contributed by atoms with Gasteiger partial charge in [-0.2, -0.15) is 0 Å². The summed E-state index contributed by atoms with van der Waals surface area (Å²) in [6.45, 7) is 1.54. The quantitative estimate of drug-likeness (QED) is 0.931. The molecule has 2 heterocycles. The minimum Gasteiger partial charge on any atom is -0.339 e. The molecule has 5 nitrogen and oxygen atoms in total. The topological polar surface area (TPSA) is 58.1 Å². The van der Waals surface area contributed by atoms with Gasteiger partial charge in [-0.1, -0.05) is 11.6 Å². The van der Waals surface area contributed by atoms with Crippen molar-refractivity contribution in [3.05, 3.63) is 46.9 Å². The molecule has 0 aliphatic carbocycles. The third-order valence-corrected chi connectivity index (χ3v) is 4.01. The van der Waals surface area contributed by atoms with Gasteiger partial charge in [-0.25, -0.2) is 4.39 Å². The van der Waals surface area contributed by atoms with Gasteiger partial charge in [0, 0.05) is 18.8 Å². The van der Waals surface area contributed by atoms with Crippen LogP contribution in [0.25, 0.3) is 0 Å². The highest BCUT2D eigenvalue weighted by atomic mass is 35.5. The lowest BCUT2D eigenvalue weighted by atomic mass is 10.1. The van der Waals surface area contributed by atoms with Crippen LogP contribution < -0.4 is 5.32 Å². The molecule has 0 spiro atoms. The van der Waals surface area contributed by atoms with Crippen LogP contribution in [-0.4, -0.2) is 34.1 Å². The van der Waals surface area contributed by atoms with Crippen LogP contribution in [0.2, 0.25) is 5.02 Å². The molecule has 0 radical (unpaired) electrons. The minimum absolute atomic E-state index is 0.0276. The van der Waals surface area contributed by atoms with Crippen molar-refractivity contribution in [3.8, 4) is 0 Å². The Morgan fingerprint density at radius 2 is 1.91 bits per heavy atom. The highest BCUT2D eigenvalue weighted by Crippen LogP contribution is 2.22. The van der Waals surface area contributed by atoms with E-state index in [1.807, 2.05) is 0 Å². The van der Waals surface area contributed by atoms with E-state index in [0.29, 0.717) is 17.2 Å². The summed E-state index contributed by atoms with van der Waals surface area (Å²) in [6.07, 6.45) is 3.23. The van der Waals surface area contributed by atoms with Crippen LogP contribution in [0.5, 0.6) is 0 Å². The summed E-state index contributed by atoms with van der Waals surface area (Å²) >= 11 is 5.73. The van der Waals surface area contributed by atoms with Crippen LogP contribution in [0, 0.1) is 5.82 Å². The molecule has 3 rings (SSSR count). The maximum absolute atomic E-state index is 13.1. The zero-order valence-electron chi connectivity index (χ0n) is 12.4. The fourth-order valence-corrected chi connectivity index (χ4v) is 2.67. The zero-order chi connectivity index (χ0) is 16.2. The number of halogens is 2. The second-order valence-corrected chi connectivity index (χ2v) is 5.82. The number of hydrogen-bond acceptors (Lipinski definition) is 4. The van der Waals surface area contributed by atoms with Crippen LogP contribution in [-0.2, 0) is 0 Å². The highest BCUT2D eigenvalue weighted by Gasteiger charge is 2.19. The smallest absolute Gasteiger partial charge is 0.274 e. The van der Waals surface area contributed by atoms with E-state index < -0.39 is 5.82 Å². The fraction of sp³-hybridized carbons (Fsp3) is 0.312. The van der Waals surface area contributed by atoms with Gasteiger partial charge in [-0.05, 0) is 49.6 Å². The Labute approximate surface area is 138 Å². The molecule has 23 heavy (non-hydrogen) atoms. The van der Waals surface area contributed by atoms with Crippen LogP contribution in [0.4, 0.5) is 15.9 Å². The third-order valence-electron chi connectivity index (χ3n) is 3.72. The van der Waals surface area contributed by atoms with E-state index in [2.05, 4.69) is 15.5 Å². The van der Waals surface area contributed by atoms with Gasteiger partial charge < -0.3 is 10.2 Å². The van der Waals surface area contributed by atoms with Crippen LogP contribution in [0.3, 0.4) is 0 Å². The van der Waals surface area contributed by atoms with E-state index in [0.717, 1.165) is 25.9 Å². The molecule has 1 amide bonds. The number of hydrogen-bond donors (Lipinski definition) is 1. The van der Waals surface area contributed by atoms with Crippen molar-refractivity contribution < 1.29 is 9.18 Å². The van der Waals surface area contributed by atoms with E-state index in [1.54, 1.807) is 23.1 Å². The first-order valence-corrected chi connectivity index (χ1v) is 7.86. The molecule has 1 aliphatic rings. The SMILES string of the molecule is O=C(c1ccc(Nc2ccc(F)c(Cl)c2)nn1)N1CCCCC1. The molecule has 1 aliphatic heterocycles. The fourth-order valence-electron chi connectivity index (χ4n) is 2.49. The van der Waals surface area contributed by atoms with Crippen molar-refractivity contribution in [1.82, 2.24) is 15.1 Å². The molecule has 0 saturated carbocycles. The number of anilines is 2. The van der Waals surface area contributed by atoms with Gasteiger partial charge in [0.15, 0.2) is 11.5 Å². The molecule has 0 bridgehead atoms. The monoisotopic (exact) mass is 334 g/mol. The van der Waals surface area contributed by atoms with Gasteiger partial charge in [0.25, 0.3) is 5.91 Å². The number of aromatic nitrogens is 2. The van der Waals surface area contributed by atoms with Crippen molar-refractivity contribution in [3.63, 3.8) is 0 Å². The van der Waals surface area contributed by atoms with E-state index in [4.69, 9.17) is 11.6 Å². The predicted molar refractivity (Wildman–Crippen MR) is 86.5 cm³/mol. The normalized spacial score (nSPS) is 14.6. The summed E-state index contributed by atoms with van der Waals surface area (Å²) in [5.74, 6) is -0.109. The lowest BCUT2D eigenvalue weighted by Gasteiger charge is -2.26. The van der Waals surface area contributed by atoms with Crippen molar-refractivity contribution >= 4 is 29.0 Å². The first-order chi connectivity index (χ1) is 11.1. The van der Waals surface area contributed by atoms with Crippen LogP contribution >= 0.6 is 11.6 Å². The Balaban J connectivity index is 1.68. The maximum Gasteiger partial charge on any atom is 0.274 e. The molecule has 2 aromatic rings. The van der Waals surface area contributed by atoms with Gasteiger partial charge in [-0.15, -0.1) is 10.2 Å². The van der Waals surface area contributed by atoms with E-state index in [-0.39, 0.29) is 10.9 Å². The Bertz CT molecular complexity index is 702. The van der Waals surface area contributed by atoms with E-state index in [9.17, 15) is 9.18 Å². The van der Waals surface area contributed by atoms with Crippen LogP contribution in [0.15, 0.2) is 30.3 Å². The standard InChI is InChI=1S/C16H16ClFN4O/c17-12-10-11(4-5-13(12)18)19-15-7-6-14(20-21-15)16(23)22-8-2-1-3-9-22/h4-7,10H,1-3,8-9H2,(H,19,21). The second-order valence-electron chi connectivity index (χ2n) is 5.41. The summed E-state index contributed by atoms with van der Waals surface area (Å²) in [7, 11) is 0. The number of rotatable bonds is 3. The highest BCUT2D eigenvalue weighted by molar-refractivity contribution is 6.31. The van der Waals surface area contributed by atoms with E-state index in [1.165, 1.54) is 18.6 Å². The average Bonchev–Trinajstić information content (AvgIpc) is 2.59. The molecule has 0 atom stereocenters. The number of carbonyl (C=O) groups is 1. The first-order valence-electron chi connectivity index (χ1n) is 7.48. The first kappa shape index (κ1) is 15.7. The maximum atomic E-state index is 13.1. The van der Waals surface area contributed by atoms with Gasteiger partial charge in [0.2, 0.25) is 0 Å². The molecule has 1 aromatic heterocycles. The minimum atomic E-state index is -0.481. The number of nitrogens with zero attached hydrogens (tertiary/aromatic N) is 3. The Morgan fingerprint density at radius 3 is 2.57 bits per heavy atom. The number of nitrogens with one attached hydrogen (secondary N) is 1. The third kappa shape index (κ3) is 3.76. The van der Waals surface area contributed by atoms with Crippen LogP contribution in [0.1, 0.15) is 29.8 Å². The summed E-state index contributed by atoms with van der Waals surface area (Å²) in [5.41, 5.74) is 0.926. The van der Waals surface area contributed by atoms with Gasteiger partial charge in [-0.3, -0.25) is 4.79 Å². The molecular formula is C16H16ClFN4O. The summed E-state index contributed by atoms with van der Waals surface area (Å²) in [4.78, 5) is 14.1. The van der Waals surface area contributed by atoms with Gasteiger partial charge >= 0.3 is 0 Å².